The molecule has 1 saturated heterocycles. The number of ether oxygens (including phenoxy) is 1. The summed E-state index contributed by atoms with van der Waals surface area (Å²) in [6.45, 7) is 2.90. The average Bonchev–Trinajstić information content (AvgIpc) is 3.39. The molecule has 3 amide bonds. The molecule has 1 aliphatic carbocycles. The maximum Gasteiger partial charge on any atom is 0.317 e. The quantitative estimate of drug-likeness (QED) is 0.607. The summed E-state index contributed by atoms with van der Waals surface area (Å²) in [6.07, 6.45) is 7.25. The molecule has 8 heteroatoms. The molecule has 2 aliphatic rings. The molecule has 8 nitrogen and oxygen atoms in total. The first-order chi connectivity index (χ1) is 16.5. The summed E-state index contributed by atoms with van der Waals surface area (Å²) in [5.74, 6) is -0.313. The molecule has 1 unspecified atom stereocenters. The second-order valence-corrected chi connectivity index (χ2v) is 9.13. The average molecular weight is 468 g/mol. The first kappa shape index (κ1) is 23.9. The van der Waals surface area contributed by atoms with E-state index in [4.69, 9.17) is 9.15 Å². The molecule has 2 N–H and O–H groups in total. The number of hydrogen-bond acceptors (Lipinski definition) is 5. The molecule has 182 valence electrons. The van der Waals surface area contributed by atoms with Gasteiger partial charge in [-0.3, -0.25) is 9.59 Å². The lowest BCUT2D eigenvalue weighted by molar-refractivity contribution is -0.154. The molecular weight excluding hydrogens is 434 g/mol. The minimum absolute atomic E-state index is 0.152. The summed E-state index contributed by atoms with van der Waals surface area (Å²) in [5, 5.41) is 5.74. The highest BCUT2D eigenvalue weighted by atomic mass is 16.5. The van der Waals surface area contributed by atoms with E-state index in [-0.39, 0.29) is 36.5 Å². The number of piperidine rings is 1. The third-order valence-corrected chi connectivity index (χ3v) is 6.71. The fourth-order valence-electron chi connectivity index (χ4n) is 4.65. The van der Waals surface area contributed by atoms with Crippen molar-refractivity contribution in [3.05, 3.63) is 59.0 Å². The zero-order valence-electron chi connectivity index (χ0n) is 19.7. The van der Waals surface area contributed by atoms with E-state index in [0.717, 1.165) is 18.4 Å². The fourth-order valence-corrected chi connectivity index (χ4v) is 4.65. The molecule has 1 aromatic carbocycles. The minimum atomic E-state index is -0.382. The van der Waals surface area contributed by atoms with Crippen molar-refractivity contribution in [2.75, 3.05) is 19.7 Å². The van der Waals surface area contributed by atoms with E-state index >= 15 is 0 Å². The molecule has 2 heterocycles. The maximum absolute atomic E-state index is 12.4. The van der Waals surface area contributed by atoms with Gasteiger partial charge in [-0.15, -0.1) is 0 Å². The number of rotatable bonds is 7. The summed E-state index contributed by atoms with van der Waals surface area (Å²) in [6, 6.07) is 9.65. The lowest BCUT2D eigenvalue weighted by Crippen LogP contribution is -2.45. The molecule has 34 heavy (non-hydrogen) atoms. The SMILES string of the molecule is CC(NC(=O)COC(=O)C1CCN(C(=O)NCc2ccco2)CC1)c1ccc2c(c1)CCCC2. The summed E-state index contributed by atoms with van der Waals surface area (Å²) in [4.78, 5) is 38.8. The van der Waals surface area contributed by atoms with Gasteiger partial charge in [-0.1, -0.05) is 18.2 Å². The van der Waals surface area contributed by atoms with Crippen molar-refractivity contribution in [1.29, 1.82) is 0 Å². The summed E-state index contributed by atoms with van der Waals surface area (Å²) in [7, 11) is 0. The number of fused-ring (bicyclic) bond motifs is 1. The molecule has 0 spiro atoms. The van der Waals surface area contributed by atoms with E-state index in [2.05, 4.69) is 28.8 Å². The van der Waals surface area contributed by atoms with Crippen LogP contribution in [0.5, 0.6) is 0 Å². The molecular formula is C26H33N3O5. The second kappa shape index (κ2) is 11.2. The summed E-state index contributed by atoms with van der Waals surface area (Å²) >= 11 is 0. The Morgan fingerprint density at radius 2 is 1.88 bits per heavy atom. The van der Waals surface area contributed by atoms with Crippen LogP contribution in [0.2, 0.25) is 0 Å². The molecule has 2 aromatic rings. The van der Waals surface area contributed by atoms with Gasteiger partial charge in [0.05, 0.1) is 24.8 Å². The molecule has 0 saturated carbocycles. The molecule has 1 fully saturated rings. The van der Waals surface area contributed by atoms with Crippen molar-refractivity contribution in [2.24, 2.45) is 5.92 Å². The number of likely N-dealkylation sites (tertiary alicyclic amines) is 1. The van der Waals surface area contributed by atoms with Gasteiger partial charge in [0.1, 0.15) is 5.76 Å². The normalized spacial score (nSPS) is 16.9. The zero-order valence-corrected chi connectivity index (χ0v) is 19.7. The Balaban J connectivity index is 1.16. The maximum atomic E-state index is 12.4. The Hall–Kier alpha value is -3.29. The smallest absolute Gasteiger partial charge is 0.317 e. The molecule has 1 aliphatic heterocycles. The Bertz CT molecular complexity index is 996. The molecule has 0 bridgehead atoms. The number of amides is 3. The molecule has 4 rings (SSSR count). The topological polar surface area (TPSA) is 101 Å². The number of carbonyl (C=O) groups excluding carboxylic acids is 3. The second-order valence-electron chi connectivity index (χ2n) is 9.13. The number of furan rings is 1. The molecule has 0 radical (unpaired) electrons. The van der Waals surface area contributed by atoms with E-state index in [1.165, 1.54) is 24.0 Å². The van der Waals surface area contributed by atoms with Gasteiger partial charge in [0.2, 0.25) is 0 Å². The first-order valence-corrected chi connectivity index (χ1v) is 12.1. The van der Waals surface area contributed by atoms with Crippen molar-refractivity contribution < 1.29 is 23.5 Å². The van der Waals surface area contributed by atoms with Crippen LogP contribution in [-0.2, 0) is 33.7 Å². The van der Waals surface area contributed by atoms with E-state index in [9.17, 15) is 14.4 Å². The van der Waals surface area contributed by atoms with Crippen LogP contribution in [0.25, 0.3) is 0 Å². The van der Waals surface area contributed by atoms with Crippen molar-refractivity contribution >= 4 is 17.9 Å². The molecule has 1 aromatic heterocycles. The lowest BCUT2D eigenvalue weighted by Gasteiger charge is -2.30. The highest BCUT2D eigenvalue weighted by Gasteiger charge is 2.29. The highest BCUT2D eigenvalue weighted by molar-refractivity contribution is 5.81. The van der Waals surface area contributed by atoms with Gasteiger partial charge in [-0.05, 0) is 74.3 Å². The predicted octanol–water partition coefficient (Wildman–Crippen LogP) is 3.50. The van der Waals surface area contributed by atoms with Crippen LogP contribution in [0.1, 0.15) is 61.1 Å². The number of urea groups is 1. The Morgan fingerprint density at radius 3 is 2.62 bits per heavy atom. The van der Waals surface area contributed by atoms with Crippen LogP contribution in [0, 0.1) is 5.92 Å². The first-order valence-electron chi connectivity index (χ1n) is 12.1. The van der Waals surface area contributed by atoms with E-state index in [0.29, 0.717) is 38.2 Å². The number of carbonyl (C=O) groups is 3. The van der Waals surface area contributed by atoms with Gasteiger partial charge >= 0.3 is 12.0 Å². The number of benzene rings is 1. The third-order valence-electron chi connectivity index (χ3n) is 6.71. The van der Waals surface area contributed by atoms with Crippen molar-refractivity contribution in [3.8, 4) is 0 Å². The largest absolute Gasteiger partial charge is 0.467 e. The van der Waals surface area contributed by atoms with Crippen molar-refractivity contribution in [2.45, 2.75) is 58.0 Å². The highest BCUT2D eigenvalue weighted by Crippen LogP contribution is 2.25. The monoisotopic (exact) mass is 467 g/mol. The van der Waals surface area contributed by atoms with Gasteiger partial charge in [-0.25, -0.2) is 4.79 Å². The fraction of sp³-hybridized carbons (Fsp3) is 0.500. The minimum Gasteiger partial charge on any atom is -0.467 e. The summed E-state index contributed by atoms with van der Waals surface area (Å²) < 4.78 is 10.5. The van der Waals surface area contributed by atoms with Crippen LogP contribution < -0.4 is 10.6 Å². The van der Waals surface area contributed by atoms with Gasteiger partial charge in [0, 0.05) is 13.1 Å². The van der Waals surface area contributed by atoms with Gasteiger partial charge in [0.25, 0.3) is 5.91 Å². The number of esters is 1. The van der Waals surface area contributed by atoms with Crippen molar-refractivity contribution in [1.82, 2.24) is 15.5 Å². The summed E-state index contributed by atoms with van der Waals surface area (Å²) in [5.41, 5.74) is 3.85. The Kier molecular flexibility index (Phi) is 7.87. The van der Waals surface area contributed by atoms with Gasteiger partial charge < -0.3 is 24.7 Å². The third kappa shape index (κ3) is 6.18. The van der Waals surface area contributed by atoms with E-state index in [1.54, 1.807) is 23.3 Å². The van der Waals surface area contributed by atoms with Crippen LogP contribution in [0.4, 0.5) is 4.79 Å². The van der Waals surface area contributed by atoms with Crippen LogP contribution >= 0.6 is 0 Å². The number of nitrogens with zero attached hydrogens (tertiary/aromatic N) is 1. The molecule has 1 atom stereocenters. The number of nitrogens with one attached hydrogen (secondary N) is 2. The van der Waals surface area contributed by atoms with E-state index < -0.39 is 0 Å². The lowest BCUT2D eigenvalue weighted by atomic mass is 9.89. The zero-order chi connectivity index (χ0) is 23.9. The van der Waals surface area contributed by atoms with Gasteiger partial charge in [-0.2, -0.15) is 0 Å². The van der Waals surface area contributed by atoms with Crippen LogP contribution in [-0.4, -0.2) is 42.5 Å². The Morgan fingerprint density at radius 1 is 1.12 bits per heavy atom. The standard InChI is InChI=1S/C26H33N3O5/c1-18(21-9-8-19-5-2-3-6-22(19)15-21)28-24(30)17-34-25(31)20-10-12-29(13-11-20)26(32)27-16-23-7-4-14-33-23/h4,7-9,14-15,18,20H,2-3,5-6,10-13,16-17H2,1H3,(H,27,32)(H,28,30). The van der Waals surface area contributed by atoms with Crippen molar-refractivity contribution in [3.63, 3.8) is 0 Å². The number of hydrogen-bond donors (Lipinski definition) is 2. The predicted molar refractivity (Wildman–Crippen MR) is 126 cm³/mol. The Labute approximate surface area is 200 Å². The van der Waals surface area contributed by atoms with Crippen LogP contribution in [0.3, 0.4) is 0 Å². The van der Waals surface area contributed by atoms with Crippen LogP contribution in [0.15, 0.2) is 41.0 Å². The number of aryl methyl sites for hydroxylation is 2. The van der Waals surface area contributed by atoms with E-state index in [1.807, 2.05) is 6.92 Å². The van der Waals surface area contributed by atoms with Gasteiger partial charge in [0.15, 0.2) is 6.61 Å².